The minimum absolute atomic E-state index is 0.164. The van der Waals surface area contributed by atoms with Gasteiger partial charge in [-0.1, -0.05) is 37.5 Å². The van der Waals surface area contributed by atoms with Crippen LogP contribution in [0.5, 0.6) is 0 Å². The van der Waals surface area contributed by atoms with E-state index in [0.717, 1.165) is 12.8 Å². The zero-order valence-corrected chi connectivity index (χ0v) is 10.1. The van der Waals surface area contributed by atoms with Crippen LogP contribution >= 0.6 is 0 Å². The van der Waals surface area contributed by atoms with Gasteiger partial charge in [0.1, 0.15) is 6.54 Å². The van der Waals surface area contributed by atoms with Gasteiger partial charge in [-0.2, -0.15) is 0 Å². The first kappa shape index (κ1) is 13.3. The second-order valence-electron chi connectivity index (χ2n) is 3.60. The summed E-state index contributed by atoms with van der Waals surface area (Å²) in [6.45, 7) is 2.74. The summed E-state index contributed by atoms with van der Waals surface area (Å²) < 4.78 is 0. The van der Waals surface area contributed by atoms with Crippen molar-refractivity contribution < 1.29 is 9.63 Å². The highest BCUT2D eigenvalue weighted by Crippen LogP contribution is 2.05. The molecule has 0 spiro atoms. The summed E-state index contributed by atoms with van der Waals surface area (Å²) in [5.41, 5.74) is 0.583. The lowest BCUT2D eigenvalue weighted by atomic mass is 10.2. The van der Waals surface area contributed by atoms with Crippen LogP contribution in [-0.4, -0.2) is 24.1 Å². The van der Waals surface area contributed by atoms with E-state index < -0.39 is 0 Å². The quantitative estimate of drug-likeness (QED) is 0.427. The third-order valence-electron chi connectivity index (χ3n) is 2.23. The van der Waals surface area contributed by atoms with Crippen LogP contribution in [0.25, 0.3) is 0 Å². The summed E-state index contributed by atoms with van der Waals surface area (Å²) in [5.74, 6) is 2.23. The number of amides is 1. The fraction of sp³-hybridized carbons (Fsp3) is 0.357. The molecule has 90 valence electrons. The molecule has 1 aromatic rings. The number of terminal acetylenes is 1. The van der Waals surface area contributed by atoms with E-state index in [1.165, 1.54) is 5.06 Å². The molecule has 0 aliphatic carbocycles. The Kier molecular flexibility index (Phi) is 5.84. The van der Waals surface area contributed by atoms with Gasteiger partial charge in [0.25, 0.3) is 5.91 Å². The van der Waals surface area contributed by atoms with Gasteiger partial charge in [-0.25, -0.2) is 5.06 Å². The minimum Gasteiger partial charge on any atom is -0.270 e. The van der Waals surface area contributed by atoms with E-state index in [1.807, 2.05) is 18.2 Å². The Hall–Kier alpha value is -1.79. The summed E-state index contributed by atoms with van der Waals surface area (Å²) in [5, 5.41) is 1.24. The molecule has 3 nitrogen and oxygen atoms in total. The first-order valence-electron chi connectivity index (χ1n) is 5.73. The predicted octanol–water partition coefficient (Wildman–Crippen LogP) is 2.49. The molecule has 0 heterocycles. The Balaban J connectivity index is 2.64. The Labute approximate surface area is 102 Å². The summed E-state index contributed by atoms with van der Waals surface area (Å²) in [6.07, 6.45) is 7.15. The van der Waals surface area contributed by atoms with Crippen LogP contribution in [-0.2, 0) is 4.84 Å². The smallest absolute Gasteiger partial charge is 0.270 e. The van der Waals surface area contributed by atoms with E-state index in [2.05, 4.69) is 12.8 Å². The van der Waals surface area contributed by atoms with Crippen LogP contribution in [0.4, 0.5) is 0 Å². The number of hydrogen-bond acceptors (Lipinski definition) is 2. The van der Waals surface area contributed by atoms with Crippen molar-refractivity contribution in [1.29, 1.82) is 0 Å². The van der Waals surface area contributed by atoms with Crippen molar-refractivity contribution in [1.82, 2.24) is 5.06 Å². The Morgan fingerprint density at radius 2 is 2.12 bits per heavy atom. The largest absolute Gasteiger partial charge is 0.278 e. The third kappa shape index (κ3) is 4.29. The lowest BCUT2D eigenvalue weighted by Gasteiger charge is -2.19. The van der Waals surface area contributed by atoms with Gasteiger partial charge in [-0.05, 0) is 18.6 Å². The fourth-order valence-electron chi connectivity index (χ4n) is 1.30. The number of hydrogen-bond donors (Lipinski definition) is 0. The van der Waals surface area contributed by atoms with Crippen molar-refractivity contribution in [2.75, 3.05) is 13.2 Å². The molecule has 0 bridgehead atoms. The second kappa shape index (κ2) is 7.48. The van der Waals surface area contributed by atoms with Crippen LogP contribution < -0.4 is 0 Å². The average molecular weight is 231 g/mol. The van der Waals surface area contributed by atoms with Crippen LogP contribution in [0.1, 0.15) is 30.1 Å². The number of carbonyl (C=O) groups is 1. The maximum atomic E-state index is 12.0. The maximum Gasteiger partial charge on any atom is 0.278 e. The SMILES string of the molecule is C#CCN(OCCCC)C(=O)c1ccccc1. The van der Waals surface area contributed by atoms with E-state index >= 15 is 0 Å². The van der Waals surface area contributed by atoms with Gasteiger partial charge in [0.15, 0.2) is 0 Å². The molecule has 0 unspecified atom stereocenters. The highest BCUT2D eigenvalue weighted by atomic mass is 16.7. The monoisotopic (exact) mass is 231 g/mol. The van der Waals surface area contributed by atoms with Crippen molar-refractivity contribution in [2.24, 2.45) is 0 Å². The normalized spacial score (nSPS) is 9.65. The van der Waals surface area contributed by atoms with Crippen molar-refractivity contribution in [3.8, 4) is 12.3 Å². The number of rotatable bonds is 6. The molecule has 0 atom stereocenters. The predicted molar refractivity (Wildman–Crippen MR) is 67.2 cm³/mol. The highest BCUT2D eigenvalue weighted by Gasteiger charge is 2.14. The maximum absolute atomic E-state index is 12.0. The molecule has 0 aliphatic heterocycles. The van der Waals surface area contributed by atoms with Crippen LogP contribution in [0, 0.1) is 12.3 Å². The lowest BCUT2D eigenvalue weighted by Crippen LogP contribution is -2.32. The lowest BCUT2D eigenvalue weighted by molar-refractivity contribution is -0.115. The summed E-state index contributed by atoms with van der Waals surface area (Å²) in [7, 11) is 0. The molecule has 0 aliphatic rings. The molecule has 0 aromatic heterocycles. The van der Waals surface area contributed by atoms with Crippen molar-refractivity contribution in [2.45, 2.75) is 19.8 Å². The van der Waals surface area contributed by atoms with Crippen molar-refractivity contribution in [3.63, 3.8) is 0 Å². The molecule has 0 saturated carbocycles. The summed E-state index contributed by atoms with van der Waals surface area (Å²) >= 11 is 0. The van der Waals surface area contributed by atoms with Gasteiger partial charge >= 0.3 is 0 Å². The highest BCUT2D eigenvalue weighted by molar-refractivity contribution is 5.93. The molecule has 0 N–H and O–H groups in total. The molecule has 0 radical (unpaired) electrons. The molecule has 1 amide bonds. The number of nitrogens with zero attached hydrogens (tertiary/aromatic N) is 1. The number of carbonyl (C=O) groups excluding carboxylic acids is 1. The van der Waals surface area contributed by atoms with E-state index in [0.29, 0.717) is 12.2 Å². The van der Waals surface area contributed by atoms with Crippen LogP contribution in [0.15, 0.2) is 30.3 Å². The number of benzene rings is 1. The van der Waals surface area contributed by atoms with Gasteiger partial charge in [-0.3, -0.25) is 9.63 Å². The van der Waals surface area contributed by atoms with Crippen LogP contribution in [0.2, 0.25) is 0 Å². The Morgan fingerprint density at radius 1 is 1.41 bits per heavy atom. The topological polar surface area (TPSA) is 29.5 Å². The van der Waals surface area contributed by atoms with E-state index in [1.54, 1.807) is 12.1 Å². The molecule has 0 saturated heterocycles. The molecule has 1 rings (SSSR count). The zero-order chi connectivity index (χ0) is 12.5. The van der Waals surface area contributed by atoms with Crippen molar-refractivity contribution in [3.05, 3.63) is 35.9 Å². The van der Waals surface area contributed by atoms with E-state index in [9.17, 15) is 4.79 Å². The van der Waals surface area contributed by atoms with Gasteiger partial charge in [-0.15, -0.1) is 6.42 Å². The first-order valence-corrected chi connectivity index (χ1v) is 5.73. The average Bonchev–Trinajstić information content (AvgIpc) is 2.38. The fourth-order valence-corrected chi connectivity index (χ4v) is 1.30. The summed E-state index contributed by atoms with van der Waals surface area (Å²) in [6, 6.07) is 8.98. The molecule has 17 heavy (non-hydrogen) atoms. The number of hydroxylamine groups is 2. The molecular weight excluding hydrogens is 214 g/mol. The van der Waals surface area contributed by atoms with E-state index in [4.69, 9.17) is 11.3 Å². The van der Waals surface area contributed by atoms with E-state index in [-0.39, 0.29) is 12.5 Å². The number of unbranched alkanes of at least 4 members (excludes halogenated alkanes) is 1. The van der Waals surface area contributed by atoms with Gasteiger partial charge in [0.05, 0.1) is 6.61 Å². The Bertz CT molecular complexity index is 381. The Morgan fingerprint density at radius 3 is 2.71 bits per heavy atom. The molecule has 1 aromatic carbocycles. The first-order chi connectivity index (χ1) is 8.29. The zero-order valence-electron chi connectivity index (χ0n) is 10.1. The molecule has 0 fully saturated rings. The van der Waals surface area contributed by atoms with Gasteiger partial charge in [0, 0.05) is 5.56 Å². The summed E-state index contributed by atoms with van der Waals surface area (Å²) in [4.78, 5) is 17.4. The van der Waals surface area contributed by atoms with Gasteiger partial charge in [0.2, 0.25) is 0 Å². The molecule has 3 heteroatoms. The molecular formula is C14H17NO2. The van der Waals surface area contributed by atoms with Crippen LogP contribution in [0.3, 0.4) is 0 Å². The third-order valence-corrected chi connectivity index (χ3v) is 2.23. The second-order valence-corrected chi connectivity index (χ2v) is 3.60. The minimum atomic E-state index is -0.195. The van der Waals surface area contributed by atoms with Crippen molar-refractivity contribution >= 4 is 5.91 Å². The van der Waals surface area contributed by atoms with Gasteiger partial charge < -0.3 is 0 Å². The standard InChI is InChI=1S/C14H17NO2/c1-3-5-12-17-15(11-4-2)14(16)13-9-7-6-8-10-13/h2,6-10H,3,5,11-12H2,1H3.